The third kappa shape index (κ3) is 3.49. The molecule has 0 unspecified atom stereocenters. The minimum Gasteiger partial charge on any atom is -0.311 e. The number of nitrogens with zero attached hydrogens (tertiary/aromatic N) is 1. The molecule has 0 amide bonds. The number of hydrogen-bond acceptors (Lipinski definition) is 3. The minimum atomic E-state index is -0.295. The summed E-state index contributed by atoms with van der Waals surface area (Å²) in [5.41, 5.74) is 1.01. The van der Waals surface area contributed by atoms with Crippen molar-refractivity contribution in [3.63, 3.8) is 0 Å². The molecule has 1 aliphatic carbocycles. The van der Waals surface area contributed by atoms with E-state index in [1.807, 2.05) is 17.8 Å². The highest BCUT2D eigenvalue weighted by atomic mass is 32.2. The summed E-state index contributed by atoms with van der Waals surface area (Å²) in [5, 5.41) is 12.1. The molecule has 4 heteroatoms. The molecule has 0 aromatic heterocycles. The number of nitrogens with one attached hydrogen (secondary N) is 1. The van der Waals surface area contributed by atoms with Crippen LogP contribution in [0, 0.1) is 17.1 Å². The minimum absolute atomic E-state index is 0.295. The van der Waals surface area contributed by atoms with E-state index in [0.717, 1.165) is 6.54 Å². The van der Waals surface area contributed by atoms with Gasteiger partial charge >= 0.3 is 0 Å². The van der Waals surface area contributed by atoms with Gasteiger partial charge in [0, 0.05) is 23.4 Å². The summed E-state index contributed by atoms with van der Waals surface area (Å²) in [5.74, 6) is -0.295. The second-order valence-electron chi connectivity index (χ2n) is 5.12. The molecule has 0 bridgehead atoms. The van der Waals surface area contributed by atoms with Gasteiger partial charge in [0.15, 0.2) is 0 Å². The van der Waals surface area contributed by atoms with Gasteiger partial charge in [0.1, 0.15) is 5.82 Å². The molecular formula is C15H19FN2S. The van der Waals surface area contributed by atoms with Gasteiger partial charge in [0.05, 0.1) is 11.6 Å². The zero-order valence-electron chi connectivity index (χ0n) is 11.2. The predicted octanol–water partition coefficient (Wildman–Crippen LogP) is 3.46. The summed E-state index contributed by atoms with van der Waals surface area (Å²) < 4.78 is 14.1. The molecule has 0 radical (unpaired) electrons. The van der Waals surface area contributed by atoms with Crippen molar-refractivity contribution in [1.29, 1.82) is 5.26 Å². The van der Waals surface area contributed by atoms with E-state index in [1.165, 1.54) is 31.7 Å². The maximum atomic E-state index is 13.7. The molecular weight excluding hydrogens is 259 g/mol. The smallest absolute Gasteiger partial charge is 0.129 e. The Hall–Kier alpha value is -1.05. The Labute approximate surface area is 118 Å². The fraction of sp³-hybridized carbons (Fsp3) is 0.533. The predicted molar refractivity (Wildman–Crippen MR) is 77.5 cm³/mol. The van der Waals surface area contributed by atoms with E-state index in [9.17, 15) is 4.39 Å². The molecule has 2 rings (SSSR count). The summed E-state index contributed by atoms with van der Waals surface area (Å²) in [4.78, 5) is 0. The van der Waals surface area contributed by atoms with Crippen LogP contribution in [0.25, 0.3) is 0 Å². The van der Waals surface area contributed by atoms with Crippen LogP contribution in [-0.4, -0.2) is 17.5 Å². The van der Waals surface area contributed by atoms with Crippen molar-refractivity contribution in [2.24, 2.45) is 0 Å². The standard InChI is InChI=1S/C15H19FN2S/c1-19-15(6-2-3-7-15)11-18-10-13-5-4-12(9-17)8-14(13)16/h4-5,8,18H,2-3,6-7,10-11H2,1H3. The Morgan fingerprint density at radius 2 is 2.16 bits per heavy atom. The van der Waals surface area contributed by atoms with Crippen molar-refractivity contribution in [3.8, 4) is 6.07 Å². The van der Waals surface area contributed by atoms with Crippen LogP contribution in [0.2, 0.25) is 0 Å². The van der Waals surface area contributed by atoms with Crippen LogP contribution in [0.3, 0.4) is 0 Å². The first-order chi connectivity index (χ1) is 9.19. The van der Waals surface area contributed by atoms with Gasteiger partial charge in [-0.2, -0.15) is 17.0 Å². The number of hydrogen-bond donors (Lipinski definition) is 1. The fourth-order valence-corrected chi connectivity index (χ4v) is 3.60. The van der Waals surface area contributed by atoms with E-state index >= 15 is 0 Å². The molecule has 2 nitrogen and oxygen atoms in total. The first kappa shape index (κ1) is 14.4. The van der Waals surface area contributed by atoms with E-state index in [1.54, 1.807) is 12.1 Å². The Balaban J connectivity index is 1.91. The van der Waals surface area contributed by atoms with Crippen LogP contribution in [0.4, 0.5) is 4.39 Å². The lowest BCUT2D eigenvalue weighted by molar-refractivity contribution is 0.521. The van der Waals surface area contributed by atoms with Crippen LogP contribution < -0.4 is 5.32 Å². The van der Waals surface area contributed by atoms with E-state index in [4.69, 9.17) is 5.26 Å². The molecule has 102 valence electrons. The molecule has 1 fully saturated rings. The van der Waals surface area contributed by atoms with Gasteiger partial charge < -0.3 is 5.32 Å². The number of thioether (sulfide) groups is 1. The van der Waals surface area contributed by atoms with E-state index in [-0.39, 0.29) is 5.82 Å². The monoisotopic (exact) mass is 278 g/mol. The van der Waals surface area contributed by atoms with Crippen molar-refractivity contribution < 1.29 is 4.39 Å². The first-order valence-electron chi connectivity index (χ1n) is 6.63. The van der Waals surface area contributed by atoms with Crippen LogP contribution in [0.5, 0.6) is 0 Å². The van der Waals surface area contributed by atoms with E-state index in [2.05, 4.69) is 11.6 Å². The molecule has 0 heterocycles. The van der Waals surface area contributed by atoms with Gasteiger partial charge in [0.2, 0.25) is 0 Å². The van der Waals surface area contributed by atoms with Crippen LogP contribution in [-0.2, 0) is 6.54 Å². The third-order valence-corrected chi connectivity index (χ3v) is 5.31. The largest absolute Gasteiger partial charge is 0.311 e. The van der Waals surface area contributed by atoms with Crippen molar-refractivity contribution in [2.75, 3.05) is 12.8 Å². The molecule has 0 aliphatic heterocycles. The number of benzene rings is 1. The molecule has 0 saturated heterocycles. The highest BCUT2D eigenvalue weighted by Gasteiger charge is 2.32. The summed E-state index contributed by atoms with van der Waals surface area (Å²) >= 11 is 1.93. The Bertz CT molecular complexity index is 476. The molecule has 1 N–H and O–H groups in total. The summed E-state index contributed by atoms with van der Waals surface area (Å²) in [6, 6.07) is 6.61. The highest BCUT2D eigenvalue weighted by molar-refractivity contribution is 8.00. The quantitative estimate of drug-likeness (QED) is 0.896. The Morgan fingerprint density at radius 3 is 2.74 bits per heavy atom. The zero-order chi connectivity index (χ0) is 13.7. The molecule has 19 heavy (non-hydrogen) atoms. The second kappa shape index (κ2) is 6.40. The Kier molecular flexibility index (Phi) is 4.84. The molecule has 1 aromatic rings. The lowest BCUT2D eigenvalue weighted by Crippen LogP contribution is -2.34. The summed E-state index contributed by atoms with van der Waals surface area (Å²) in [7, 11) is 0. The van der Waals surface area contributed by atoms with Crippen LogP contribution in [0.15, 0.2) is 18.2 Å². The third-order valence-electron chi connectivity index (χ3n) is 3.89. The lowest BCUT2D eigenvalue weighted by Gasteiger charge is -2.27. The maximum Gasteiger partial charge on any atom is 0.129 e. The van der Waals surface area contributed by atoms with Crippen molar-refractivity contribution in [3.05, 3.63) is 35.1 Å². The van der Waals surface area contributed by atoms with Gasteiger partial charge in [0.25, 0.3) is 0 Å². The van der Waals surface area contributed by atoms with Crippen molar-refractivity contribution in [2.45, 2.75) is 37.0 Å². The number of nitriles is 1. The van der Waals surface area contributed by atoms with Gasteiger partial charge in [-0.3, -0.25) is 0 Å². The topological polar surface area (TPSA) is 35.8 Å². The molecule has 1 saturated carbocycles. The molecule has 0 atom stereocenters. The Morgan fingerprint density at radius 1 is 1.42 bits per heavy atom. The molecule has 0 spiro atoms. The van der Waals surface area contributed by atoms with Gasteiger partial charge in [-0.25, -0.2) is 4.39 Å². The lowest BCUT2D eigenvalue weighted by atomic mass is 10.1. The second-order valence-corrected chi connectivity index (χ2v) is 6.39. The van der Waals surface area contributed by atoms with Crippen LogP contribution >= 0.6 is 11.8 Å². The number of rotatable bonds is 5. The molecule has 1 aromatic carbocycles. The summed E-state index contributed by atoms with van der Waals surface area (Å²) in [6.45, 7) is 1.45. The number of halogens is 1. The van der Waals surface area contributed by atoms with Crippen LogP contribution in [0.1, 0.15) is 36.8 Å². The average Bonchev–Trinajstić information content (AvgIpc) is 2.90. The zero-order valence-corrected chi connectivity index (χ0v) is 12.0. The maximum absolute atomic E-state index is 13.7. The highest BCUT2D eigenvalue weighted by Crippen LogP contribution is 2.39. The van der Waals surface area contributed by atoms with Gasteiger partial charge in [-0.05, 0) is 31.2 Å². The summed E-state index contributed by atoms with van der Waals surface area (Å²) in [6.07, 6.45) is 7.25. The van der Waals surface area contributed by atoms with Gasteiger partial charge in [-0.15, -0.1) is 0 Å². The average molecular weight is 278 g/mol. The van der Waals surface area contributed by atoms with Crippen molar-refractivity contribution >= 4 is 11.8 Å². The van der Waals surface area contributed by atoms with E-state index in [0.29, 0.717) is 22.4 Å². The first-order valence-corrected chi connectivity index (χ1v) is 7.86. The van der Waals surface area contributed by atoms with Crippen molar-refractivity contribution in [1.82, 2.24) is 5.32 Å². The SMILES string of the molecule is CSC1(CNCc2ccc(C#N)cc2F)CCCC1. The van der Waals surface area contributed by atoms with Gasteiger partial charge in [-0.1, -0.05) is 18.9 Å². The van der Waals surface area contributed by atoms with E-state index < -0.39 is 0 Å². The molecule has 1 aliphatic rings. The fourth-order valence-electron chi connectivity index (χ4n) is 2.66. The normalized spacial score (nSPS) is 17.3.